The number of fused-ring (bicyclic) bond motifs is 1. The molecule has 3 rings (SSSR count). The number of rotatable bonds is 1. The highest BCUT2D eigenvalue weighted by atomic mass is 14.9. The van der Waals surface area contributed by atoms with Gasteiger partial charge in [0.15, 0.2) is 0 Å². The summed E-state index contributed by atoms with van der Waals surface area (Å²) in [5, 5.41) is 3.29. The Kier molecular flexibility index (Phi) is 1.32. The monoisotopic (exact) mass is 171 g/mol. The van der Waals surface area contributed by atoms with Crippen LogP contribution < -0.4 is 5.32 Å². The Labute approximate surface area is 78.5 Å². The van der Waals surface area contributed by atoms with Crippen LogP contribution in [0.3, 0.4) is 0 Å². The fraction of sp³-hybridized carbons (Fsp3) is 0.333. The standard InChI is InChI=1S/C12H13N/c1-2-4-10(5-3-1)12-6-7-13-9-11(12)8-12/h1-7,11,13H,8-9H2. The molecule has 1 aromatic carbocycles. The maximum absolute atomic E-state index is 3.29. The minimum atomic E-state index is 0.395. The van der Waals surface area contributed by atoms with Gasteiger partial charge in [0.05, 0.1) is 0 Å². The highest BCUT2D eigenvalue weighted by Gasteiger charge is 2.53. The van der Waals surface area contributed by atoms with Crippen LogP contribution in [0.25, 0.3) is 0 Å². The molecule has 2 unspecified atom stereocenters. The van der Waals surface area contributed by atoms with Gasteiger partial charge in [0.25, 0.3) is 0 Å². The maximum Gasteiger partial charge on any atom is 0.0198 e. The molecule has 13 heavy (non-hydrogen) atoms. The van der Waals surface area contributed by atoms with Gasteiger partial charge >= 0.3 is 0 Å². The fourth-order valence-electron chi connectivity index (χ4n) is 2.42. The molecule has 2 aliphatic rings. The molecule has 1 saturated carbocycles. The highest BCUT2D eigenvalue weighted by molar-refractivity contribution is 5.41. The summed E-state index contributed by atoms with van der Waals surface area (Å²) >= 11 is 0. The van der Waals surface area contributed by atoms with Crippen LogP contribution >= 0.6 is 0 Å². The van der Waals surface area contributed by atoms with Crippen molar-refractivity contribution < 1.29 is 0 Å². The SMILES string of the molecule is C1=CC2(c3ccccc3)CC2CN1. The van der Waals surface area contributed by atoms with Gasteiger partial charge in [-0.25, -0.2) is 0 Å². The summed E-state index contributed by atoms with van der Waals surface area (Å²) in [7, 11) is 0. The first-order valence-corrected chi connectivity index (χ1v) is 4.88. The number of benzene rings is 1. The summed E-state index contributed by atoms with van der Waals surface area (Å²) in [6.45, 7) is 1.14. The molecular weight excluding hydrogens is 158 g/mol. The molecule has 1 nitrogen and oxygen atoms in total. The summed E-state index contributed by atoms with van der Waals surface area (Å²) in [4.78, 5) is 0. The minimum absolute atomic E-state index is 0.395. The summed E-state index contributed by atoms with van der Waals surface area (Å²) in [5.41, 5.74) is 1.88. The van der Waals surface area contributed by atoms with Crippen LogP contribution in [0.4, 0.5) is 0 Å². The Morgan fingerprint density at radius 3 is 2.85 bits per heavy atom. The average Bonchev–Trinajstić information content (AvgIpc) is 2.94. The first kappa shape index (κ1) is 7.19. The highest BCUT2D eigenvalue weighted by Crippen LogP contribution is 2.56. The topological polar surface area (TPSA) is 12.0 Å². The van der Waals surface area contributed by atoms with Gasteiger partial charge in [-0.3, -0.25) is 0 Å². The van der Waals surface area contributed by atoms with Crippen molar-refractivity contribution in [2.75, 3.05) is 6.54 Å². The van der Waals surface area contributed by atoms with E-state index in [0.29, 0.717) is 5.41 Å². The second-order valence-electron chi connectivity index (χ2n) is 4.05. The average molecular weight is 171 g/mol. The molecule has 1 N–H and O–H groups in total. The third kappa shape index (κ3) is 0.932. The quantitative estimate of drug-likeness (QED) is 0.682. The van der Waals surface area contributed by atoms with E-state index in [1.165, 1.54) is 12.0 Å². The minimum Gasteiger partial charge on any atom is -0.391 e. The van der Waals surface area contributed by atoms with Gasteiger partial charge in [-0.2, -0.15) is 0 Å². The van der Waals surface area contributed by atoms with Crippen LogP contribution in [-0.2, 0) is 5.41 Å². The van der Waals surface area contributed by atoms with Crippen molar-refractivity contribution in [1.29, 1.82) is 0 Å². The molecule has 0 bridgehead atoms. The Balaban J connectivity index is 2.02. The molecule has 0 saturated heterocycles. The van der Waals surface area contributed by atoms with Crippen molar-refractivity contribution in [1.82, 2.24) is 5.32 Å². The van der Waals surface area contributed by atoms with E-state index in [9.17, 15) is 0 Å². The number of hydrogen-bond acceptors (Lipinski definition) is 1. The lowest BCUT2D eigenvalue weighted by molar-refractivity contribution is 0.637. The number of hydrogen-bond donors (Lipinski definition) is 1. The van der Waals surface area contributed by atoms with Gasteiger partial charge < -0.3 is 5.32 Å². The van der Waals surface area contributed by atoms with Crippen LogP contribution in [0.1, 0.15) is 12.0 Å². The normalized spacial score (nSPS) is 34.9. The predicted molar refractivity (Wildman–Crippen MR) is 53.4 cm³/mol. The van der Waals surface area contributed by atoms with Gasteiger partial charge in [-0.05, 0) is 24.1 Å². The molecule has 1 aliphatic carbocycles. The molecule has 0 aromatic heterocycles. The maximum atomic E-state index is 3.29. The Hall–Kier alpha value is -1.24. The molecule has 1 heterocycles. The van der Waals surface area contributed by atoms with Crippen molar-refractivity contribution >= 4 is 0 Å². The molecule has 0 spiro atoms. The van der Waals surface area contributed by atoms with Crippen LogP contribution in [-0.4, -0.2) is 6.54 Å². The Morgan fingerprint density at radius 2 is 2.08 bits per heavy atom. The van der Waals surface area contributed by atoms with Crippen molar-refractivity contribution in [2.45, 2.75) is 11.8 Å². The molecule has 0 amide bonds. The Bertz CT molecular complexity index is 341. The van der Waals surface area contributed by atoms with Crippen molar-refractivity contribution in [3.8, 4) is 0 Å². The smallest absolute Gasteiger partial charge is 0.0198 e. The lowest BCUT2D eigenvalue weighted by Crippen LogP contribution is -2.21. The van der Waals surface area contributed by atoms with E-state index < -0.39 is 0 Å². The van der Waals surface area contributed by atoms with Gasteiger partial charge in [0.1, 0.15) is 0 Å². The van der Waals surface area contributed by atoms with E-state index in [1.807, 2.05) is 0 Å². The van der Waals surface area contributed by atoms with Gasteiger partial charge in [0, 0.05) is 12.0 Å². The fourth-order valence-corrected chi connectivity index (χ4v) is 2.42. The van der Waals surface area contributed by atoms with Gasteiger partial charge in [0.2, 0.25) is 0 Å². The molecule has 66 valence electrons. The van der Waals surface area contributed by atoms with Crippen LogP contribution in [0.15, 0.2) is 42.6 Å². The summed E-state index contributed by atoms with van der Waals surface area (Å²) in [5.74, 6) is 0.833. The van der Waals surface area contributed by atoms with Crippen molar-refractivity contribution in [3.63, 3.8) is 0 Å². The van der Waals surface area contributed by atoms with E-state index in [2.05, 4.69) is 47.9 Å². The molecular formula is C12H13N. The van der Waals surface area contributed by atoms with Crippen LogP contribution in [0, 0.1) is 5.92 Å². The van der Waals surface area contributed by atoms with E-state index >= 15 is 0 Å². The van der Waals surface area contributed by atoms with E-state index in [-0.39, 0.29) is 0 Å². The second-order valence-corrected chi connectivity index (χ2v) is 4.05. The van der Waals surface area contributed by atoms with E-state index in [4.69, 9.17) is 0 Å². The van der Waals surface area contributed by atoms with E-state index in [1.54, 1.807) is 0 Å². The zero-order chi connectivity index (χ0) is 8.73. The second kappa shape index (κ2) is 2.38. The summed E-state index contributed by atoms with van der Waals surface area (Å²) in [6.07, 6.45) is 5.76. The summed E-state index contributed by atoms with van der Waals surface area (Å²) < 4.78 is 0. The lowest BCUT2D eigenvalue weighted by atomic mass is 9.92. The summed E-state index contributed by atoms with van der Waals surface area (Å²) in [6, 6.07) is 10.8. The zero-order valence-electron chi connectivity index (χ0n) is 7.53. The van der Waals surface area contributed by atoms with E-state index in [0.717, 1.165) is 12.5 Å². The predicted octanol–water partition coefficient (Wildman–Crippen LogP) is 2.06. The zero-order valence-corrected chi connectivity index (χ0v) is 7.53. The van der Waals surface area contributed by atoms with Crippen molar-refractivity contribution in [3.05, 3.63) is 48.2 Å². The van der Waals surface area contributed by atoms with Crippen LogP contribution in [0.5, 0.6) is 0 Å². The molecule has 1 fully saturated rings. The van der Waals surface area contributed by atoms with Gasteiger partial charge in [-0.15, -0.1) is 0 Å². The largest absolute Gasteiger partial charge is 0.391 e. The molecule has 0 radical (unpaired) electrons. The molecule has 1 heteroatoms. The third-order valence-corrected chi connectivity index (χ3v) is 3.33. The third-order valence-electron chi connectivity index (χ3n) is 3.33. The lowest BCUT2D eigenvalue weighted by Gasteiger charge is -2.17. The van der Waals surface area contributed by atoms with Crippen LogP contribution in [0.2, 0.25) is 0 Å². The molecule has 1 aromatic rings. The van der Waals surface area contributed by atoms with Crippen molar-refractivity contribution in [2.24, 2.45) is 5.92 Å². The molecule has 1 aliphatic heterocycles. The van der Waals surface area contributed by atoms with Gasteiger partial charge in [-0.1, -0.05) is 36.4 Å². The number of nitrogens with one attached hydrogen (secondary N) is 1. The first-order valence-electron chi connectivity index (χ1n) is 4.88. The Morgan fingerprint density at radius 1 is 1.23 bits per heavy atom. The molecule has 2 atom stereocenters. The first-order chi connectivity index (χ1) is 6.42. The number of allylic oxidation sites excluding steroid dienone is 1.